The highest BCUT2D eigenvalue weighted by Gasteiger charge is 2.19. The van der Waals surface area contributed by atoms with E-state index in [1.807, 2.05) is 12.1 Å². The Kier molecular flexibility index (Phi) is 5.35. The van der Waals surface area contributed by atoms with Crippen molar-refractivity contribution in [2.24, 2.45) is 5.10 Å². The fourth-order valence-electron chi connectivity index (χ4n) is 1.95. The van der Waals surface area contributed by atoms with Crippen LogP contribution in [0, 0.1) is 17.0 Å². The molecule has 126 valence electrons. The molecule has 0 saturated carbocycles. The molecule has 0 aliphatic heterocycles. The molecule has 0 aromatic heterocycles. The Morgan fingerprint density at radius 3 is 2.54 bits per heavy atom. The van der Waals surface area contributed by atoms with Crippen LogP contribution in [0.15, 0.2) is 56.9 Å². The molecule has 0 spiro atoms. The van der Waals surface area contributed by atoms with Gasteiger partial charge in [-0.2, -0.15) is 18.4 Å². The van der Waals surface area contributed by atoms with Gasteiger partial charge in [0.1, 0.15) is 0 Å². The number of hydrogen-bond acceptors (Lipinski definition) is 5. The monoisotopic (exact) mass is 411 g/mol. The molecule has 0 heterocycles. The summed E-state index contributed by atoms with van der Waals surface area (Å²) in [6, 6.07) is 10.9. The highest BCUT2D eigenvalue weighted by molar-refractivity contribution is 9.10. The molecule has 9 heteroatoms. The molecule has 0 aliphatic carbocycles. The van der Waals surface area contributed by atoms with E-state index in [0.717, 1.165) is 16.1 Å². The Hall–Kier alpha value is -2.26. The van der Waals surface area contributed by atoms with Crippen molar-refractivity contribution < 1.29 is 13.3 Å². The molecule has 0 amide bonds. The second-order valence-electron chi connectivity index (χ2n) is 4.98. The van der Waals surface area contributed by atoms with E-state index in [9.17, 15) is 18.5 Å². The number of benzene rings is 2. The first-order valence-corrected chi connectivity index (χ1v) is 9.06. The number of hydrogen-bond donors (Lipinski definition) is 1. The summed E-state index contributed by atoms with van der Waals surface area (Å²) >= 11 is 3.36. The molecule has 0 bridgehead atoms. The van der Waals surface area contributed by atoms with Gasteiger partial charge in [-0.3, -0.25) is 10.1 Å². The van der Waals surface area contributed by atoms with Crippen LogP contribution < -0.4 is 4.83 Å². The lowest BCUT2D eigenvalue weighted by atomic mass is 10.1. The first-order valence-electron chi connectivity index (χ1n) is 6.78. The van der Waals surface area contributed by atoms with Gasteiger partial charge in [0, 0.05) is 21.7 Å². The maximum atomic E-state index is 12.3. The second kappa shape index (κ2) is 7.10. The zero-order chi connectivity index (χ0) is 17.9. The minimum absolute atomic E-state index is 0.219. The maximum absolute atomic E-state index is 12.3. The van der Waals surface area contributed by atoms with Crippen molar-refractivity contribution in [3.63, 3.8) is 0 Å². The Bertz CT molecular complexity index is 926. The molecule has 2 aromatic carbocycles. The number of hydrazone groups is 1. The van der Waals surface area contributed by atoms with Crippen molar-refractivity contribution in [3.05, 3.63) is 68.2 Å². The number of sulfonamides is 1. The Morgan fingerprint density at radius 2 is 1.92 bits per heavy atom. The molecule has 0 atom stereocenters. The van der Waals surface area contributed by atoms with E-state index in [4.69, 9.17) is 0 Å². The Balaban J connectivity index is 2.32. The van der Waals surface area contributed by atoms with Crippen LogP contribution in [0.4, 0.5) is 5.69 Å². The summed E-state index contributed by atoms with van der Waals surface area (Å²) in [5.74, 6) is 0. The van der Waals surface area contributed by atoms with Gasteiger partial charge in [0.15, 0.2) is 0 Å². The molecule has 2 aromatic rings. The van der Waals surface area contributed by atoms with Gasteiger partial charge in [-0.1, -0.05) is 40.2 Å². The average Bonchev–Trinajstić information content (AvgIpc) is 2.53. The van der Waals surface area contributed by atoms with E-state index in [1.165, 1.54) is 19.1 Å². The number of nitro groups is 1. The average molecular weight is 412 g/mol. The van der Waals surface area contributed by atoms with Crippen LogP contribution in [-0.2, 0) is 10.0 Å². The lowest BCUT2D eigenvalue weighted by Gasteiger charge is -2.07. The van der Waals surface area contributed by atoms with Crippen molar-refractivity contribution >= 4 is 37.4 Å². The number of nitrogens with zero attached hydrogens (tertiary/aromatic N) is 2. The lowest BCUT2D eigenvalue weighted by molar-refractivity contribution is -0.385. The molecular weight excluding hydrogens is 398 g/mol. The normalized spacial score (nSPS) is 12.0. The highest BCUT2D eigenvalue weighted by atomic mass is 79.9. The van der Waals surface area contributed by atoms with Crippen LogP contribution in [0.5, 0.6) is 0 Å². The number of aryl methyl sites for hydroxylation is 1. The van der Waals surface area contributed by atoms with Gasteiger partial charge >= 0.3 is 0 Å². The molecule has 0 fully saturated rings. The van der Waals surface area contributed by atoms with E-state index in [1.54, 1.807) is 19.1 Å². The molecule has 0 saturated heterocycles. The van der Waals surface area contributed by atoms with E-state index >= 15 is 0 Å². The minimum Gasteiger partial charge on any atom is -0.258 e. The van der Waals surface area contributed by atoms with Crippen molar-refractivity contribution in [2.45, 2.75) is 18.7 Å². The van der Waals surface area contributed by atoms with Gasteiger partial charge < -0.3 is 0 Å². The van der Waals surface area contributed by atoms with Crippen LogP contribution >= 0.6 is 15.9 Å². The minimum atomic E-state index is -4.01. The summed E-state index contributed by atoms with van der Waals surface area (Å²) in [6.07, 6.45) is 0. The summed E-state index contributed by atoms with van der Waals surface area (Å²) in [6.45, 7) is 3.19. The van der Waals surface area contributed by atoms with Gasteiger partial charge in [-0.15, -0.1) is 0 Å². The van der Waals surface area contributed by atoms with Crippen LogP contribution in [-0.4, -0.2) is 19.1 Å². The first kappa shape index (κ1) is 18.1. The zero-order valence-corrected chi connectivity index (χ0v) is 15.3. The van der Waals surface area contributed by atoms with E-state index in [2.05, 4.69) is 25.9 Å². The molecule has 2 rings (SSSR count). The summed E-state index contributed by atoms with van der Waals surface area (Å²) in [4.78, 5) is 12.2. The fourth-order valence-corrected chi connectivity index (χ4v) is 3.40. The topological polar surface area (TPSA) is 102 Å². The van der Waals surface area contributed by atoms with Gasteiger partial charge in [-0.05, 0) is 26.0 Å². The molecule has 0 radical (unpaired) electrons. The molecule has 0 aliphatic rings. The van der Waals surface area contributed by atoms with Crippen molar-refractivity contribution in [1.82, 2.24) is 4.83 Å². The summed E-state index contributed by atoms with van der Waals surface area (Å²) in [7, 11) is -4.01. The molecule has 1 N–H and O–H groups in total. The van der Waals surface area contributed by atoms with Crippen LogP contribution in [0.25, 0.3) is 0 Å². The molecule has 0 unspecified atom stereocenters. The Labute approximate surface area is 147 Å². The van der Waals surface area contributed by atoms with E-state index in [0.29, 0.717) is 11.3 Å². The van der Waals surface area contributed by atoms with Crippen LogP contribution in [0.1, 0.15) is 18.1 Å². The van der Waals surface area contributed by atoms with Crippen LogP contribution in [0.3, 0.4) is 0 Å². The van der Waals surface area contributed by atoms with Crippen LogP contribution in [0.2, 0.25) is 0 Å². The van der Waals surface area contributed by atoms with Crippen molar-refractivity contribution in [1.29, 1.82) is 0 Å². The number of nitro benzene ring substituents is 1. The first-order chi connectivity index (χ1) is 11.2. The van der Waals surface area contributed by atoms with E-state index in [-0.39, 0.29) is 10.6 Å². The van der Waals surface area contributed by atoms with E-state index < -0.39 is 14.9 Å². The predicted octanol–water partition coefficient (Wildman–Crippen LogP) is 3.37. The third-order valence-corrected chi connectivity index (χ3v) is 5.18. The second-order valence-corrected chi connectivity index (χ2v) is 7.49. The predicted molar refractivity (Wildman–Crippen MR) is 94.5 cm³/mol. The van der Waals surface area contributed by atoms with Gasteiger partial charge in [0.25, 0.3) is 15.7 Å². The van der Waals surface area contributed by atoms with Crippen molar-refractivity contribution in [3.8, 4) is 0 Å². The van der Waals surface area contributed by atoms with Gasteiger partial charge in [0.05, 0.1) is 15.5 Å². The number of halogens is 1. The summed E-state index contributed by atoms with van der Waals surface area (Å²) < 4.78 is 25.3. The largest absolute Gasteiger partial charge is 0.276 e. The fraction of sp³-hybridized carbons (Fsp3) is 0.133. The quantitative estimate of drug-likeness (QED) is 0.462. The third-order valence-electron chi connectivity index (χ3n) is 3.28. The van der Waals surface area contributed by atoms with Crippen molar-refractivity contribution in [2.75, 3.05) is 0 Å². The smallest absolute Gasteiger partial charge is 0.258 e. The SMILES string of the molecule is C/C(=N/NS(=O)(=O)c1ccc(C)c([N+](=O)[O-])c1)c1ccccc1Br. The number of nitrogens with one attached hydrogen (secondary N) is 1. The molecular formula is C15H14BrN3O4S. The highest BCUT2D eigenvalue weighted by Crippen LogP contribution is 2.22. The maximum Gasteiger partial charge on any atom is 0.276 e. The zero-order valence-electron chi connectivity index (χ0n) is 12.9. The third kappa shape index (κ3) is 3.98. The summed E-state index contributed by atoms with van der Waals surface area (Å²) in [5.41, 5.74) is 1.30. The summed E-state index contributed by atoms with van der Waals surface area (Å²) in [5, 5.41) is 14.8. The molecule has 7 nitrogen and oxygen atoms in total. The lowest BCUT2D eigenvalue weighted by Crippen LogP contribution is -2.20. The number of rotatable bonds is 5. The van der Waals surface area contributed by atoms with Gasteiger partial charge in [0.2, 0.25) is 0 Å². The molecule has 24 heavy (non-hydrogen) atoms. The Morgan fingerprint density at radius 1 is 1.25 bits per heavy atom. The van der Waals surface area contributed by atoms with Gasteiger partial charge in [-0.25, -0.2) is 0 Å². The standard InChI is InChI=1S/C15H14BrN3O4S/c1-10-7-8-12(9-15(10)19(20)21)24(22,23)18-17-11(2)13-5-3-4-6-14(13)16/h3-9,18H,1-2H3/b17-11-.